The van der Waals surface area contributed by atoms with Gasteiger partial charge in [0.2, 0.25) is 0 Å². The van der Waals surface area contributed by atoms with Crippen molar-refractivity contribution in [1.29, 1.82) is 0 Å². The van der Waals surface area contributed by atoms with Crippen LogP contribution in [0.25, 0.3) is 0 Å². The van der Waals surface area contributed by atoms with Crippen LogP contribution in [0.4, 0.5) is 0 Å². The molecule has 0 fully saturated rings. The second kappa shape index (κ2) is 8.95. The summed E-state index contributed by atoms with van der Waals surface area (Å²) in [4.78, 5) is 9.00. The van der Waals surface area contributed by atoms with E-state index in [9.17, 15) is 10.2 Å². The number of carbonyl (C=O) groups is 1. The molecule has 1 rings (SSSR count). The Bertz CT molecular complexity index is 495. The topological polar surface area (TPSA) is 110 Å². The Morgan fingerprint density at radius 3 is 2.27 bits per heavy atom. The number of hydrogen-bond acceptors (Lipinski definition) is 5. The van der Waals surface area contributed by atoms with Crippen LogP contribution in [0.1, 0.15) is 44.9 Å². The summed E-state index contributed by atoms with van der Waals surface area (Å²) in [6, 6.07) is 3.06. The molecule has 0 radical (unpaired) electrons. The van der Waals surface area contributed by atoms with Gasteiger partial charge in [-0.2, -0.15) is 0 Å². The number of β-amino-alcohol motifs (C(OH)–C–C–N with tert-alkyl or cyclic N) is 1. The van der Waals surface area contributed by atoms with Gasteiger partial charge in [0.15, 0.2) is 0 Å². The molecule has 7 heteroatoms. The highest BCUT2D eigenvalue weighted by atomic mass is 35.5. The summed E-state index contributed by atoms with van der Waals surface area (Å²) in [6.45, 7) is 7.14. The predicted molar refractivity (Wildman–Crippen MR) is 85.1 cm³/mol. The highest BCUT2D eigenvalue weighted by molar-refractivity contribution is 6.32. The lowest BCUT2D eigenvalue weighted by Crippen LogP contribution is -2.38. The van der Waals surface area contributed by atoms with E-state index in [0.717, 1.165) is 6.92 Å². The van der Waals surface area contributed by atoms with Crippen molar-refractivity contribution >= 4 is 17.6 Å². The molecule has 1 unspecified atom stereocenters. The van der Waals surface area contributed by atoms with E-state index < -0.39 is 12.1 Å². The van der Waals surface area contributed by atoms with Gasteiger partial charge in [0, 0.05) is 24.6 Å². The maximum atomic E-state index is 10.0. The van der Waals surface area contributed by atoms with E-state index in [2.05, 4.69) is 5.32 Å². The van der Waals surface area contributed by atoms with Crippen LogP contribution in [-0.4, -0.2) is 38.5 Å². The molecule has 0 bridgehead atoms. The molecule has 0 spiro atoms. The number of halogens is 1. The zero-order valence-electron chi connectivity index (χ0n) is 13.2. The molecule has 1 aromatic rings. The van der Waals surface area contributed by atoms with Gasteiger partial charge >= 0.3 is 0 Å². The Kier molecular flexibility index (Phi) is 8.40. The van der Waals surface area contributed by atoms with Crippen LogP contribution in [0.3, 0.4) is 0 Å². The molecule has 0 heterocycles. The van der Waals surface area contributed by atoms with E-state index in [1.54, 1.807) is 6.07 Å². The first-order valence-corrected chi connectivity index (χ1v) is 7.10. The van der Waals surface area contributed by atoms with Gasteiger partial charge in [0.25, 0.3) is 5.97 Å². The lowest BCUT2D eigenvalue weighted by atomic mass is 10.0. The quantitative estimate of drug-likeness (QED) is 0.577. The van der Waals surface area contributed by atoms with Crippen molar-refractivity contribution in [2.75, 3.05) is 6.54 Å². The summed E-state index contributed by atoms with van der Waals surface area (Å²) in [6.07, 6.45) is -0.743. The van der Waals surface area contributed by atoms with Gasteiger partial charge in [-0.1, -0.05) is 11.6 Å². The summed E-state index contributed by atoms with van der Waals surface area (Å²) in [5.41, 5.74) is 0.785. The van der Waals surface area contributed by atoms with Crippen molar-refractivity contribution in [3.63, 3.8) is 0 Å². The summed E-state index contributed by atoms with van der Waals surface area (Å²) in [5.74, 6) is -0.973. The monoisotopic (exact) mass is 333 g/mol. The van der Waals surface area contributed by atoms with Crippen LogP contribution in [0.2, 0.25) is 5.02 Å². The Morgan fingerprint density at radius 1 is 1.36 bits per heavy atom. The second-order valence-corrected chi connectivity index (χ2v) is 6.24. The van der Waals surface area contributed by atoms with Gasteiger partial charge in [-0.3, -0.25) is 4.79 Å². The summed E-state index contributed by atoms with van der Waals surface area (Å²) >= 11 is 5.84. The van der Waals surface area contributed by atoms with E-state index in [0.29, 0.717) is 17.7 Å². The van der Waals surface area contributed by atoms with Crippen molar-refractivity contribution < 1.29 is 25.2 Å². The minimum atomic E-state index is -0.833. The van der Waals surface area contributed by atoms with Crippen molar-refractivity contribution in [1.82, 2.24) is 5.32 Å². The summed E-state index contributed by atoms with van der Waals surface area (Å²) < 4.78 is 0. The Hall–Kier alpha value is -1.34. The molecule has 6 nitrogen and oxygen atoms in total. The van der Waals surface area contributed by atoms with Crippen LogP contribution in [0, 0.1) is 0 Å². The molecule has 1 atom stereocenters. The first kappa shape index (κ1) is 20.7. The molecular formula is C15H24ClNO5. The number of aromatic hydroxyl groups is 1. The number of hydrogen-bond donors (Lipinski definition) is 5. The van der Waals surface area contributed by atoms with Crippen molar-refractivity contribution in [3.8, 4) is 5.75 Å². The number of nitrogens with one attached hydrogen (secondary N) is 1. The minimum absolute atomic E-state index is 0.0957. The van der Waals surface area contributed by atoms with Crippen LogP contribution >= 0.6 is 11.6 Å². The van der Waals surface area contributed by atoms with Gasteiger partial charge in [0.05, 0.1) is 17.7 Å². The molecule has 0 saturated carbocycles. The zero-order valence-corrected chi connectivity index (χ0v) is 14.0. The third-order valence-corrected chi connectivity index (χ3v) is 2.83. The fourth-order valence-electron chi connectivity index (χ4n) is 1.51. The van der Waals surface area contributed by atoms with E-state index in [-0.39, 0.29) is 22.9 Å². The third-order valence-electron chi connectivity index (χ3n) is 2.55. The average molecular weight is 334 g/mol. The Balaban J connectivity index is 0.000000980. The van der Waals surface area contributed by atoms with Crippen LogP contribution in [0.5, 0.6) is 5.75 Å². The standard InChI is InChI=1S/C13H20ClNO3.C2H4O2/c1-13(2,3)15-6-11(17)8-4-9(7-16)12(18)10(14)5-8;1-2(3)4/h4-5,11,15-18H,6-7H2,1-3H3;1H3,(H,3,4). The number of carboxylic acids is 1. The predicted octanol–water partition coefficient (Wildman–Crippen LogP) is 2.05. The van der Waals surface area contributed by atoms with Crippen LogP contribution in [-0.2, 0) is 11.4 Å². The maximum Gasteiger partial charge on any atom is 0.300 e. The third kappa shape index (κ3) is 8.19. The largest absolute Gasteiger partial charge is 0.506 e. The first-order valence-electron chi connectivity index (χ1n) is 6.72. The first-order chi connectivity index (χ1) is 9.97. The SMILES string of the molecule is CC(=O)O.CC(C)(C)NCC(O)c1cc(Cl)c(O)c(CO)c1. The zero-order chi connectivity index (χ0) is 17.5. The molecule has 0 aliphatic heterocycles. The number of aliphatic carboxylic acids is 1. The maximum absolute atomic E-state index is 10.0. The fourth-order valence-corrected chi connectivity index (χ4v) is 1.76. The molecule has 0 aromatic heterocycles. The Labute approximate surface area is 135 Å². The summed E-state index contributed by atoms with van der Waals surface area (Å²) in [5, 5.41) is 39.4. The molecule has 0 amide bonds. The number of benzene rings is 1. The number of aliphatic hydroxyl groups is 2. The van der Waals surface area contributed by atoms with Crippen LogP contribution in [0.15, 0.2) is 12.1 Å². The van der Waals surface area contributed by atoms with Crippen LogP contribution < -0.4 is 5.32 Å². The van der Waals surface area contributed by atoms with Gasteiger partial charge in [-0.05, 0) is 38.5 Å². The average Bonchev–Trinajstić information content (AvgIpc) is 2.37. The molecule has 0 aliphatic carbocycles. The van der Waals surface area contributed by atoms with Crippen molar-refractivity contribution in [2.45, 2.75) is 45.9 Å². The van der Waals surface area contributed by atoms with E-state index in [1.807, 2.05) is 20.8 Å². The molecule has 0 aliphatic rings. The number of rotatable bonds is 4. The normalized spacial score (nSPS) is 12.3. The number of carboxylic acid groups (broad SMARTS) is 1. The van der Waals surface area contributed by atoms with E-state index in [4.69, 9.17) is 26.6 Å². The number of phenols is 1. The molecule has 5 N–H and O–H groups in total. The fraction of sp³-hybridized carbons (Fsp3) is 0.533. The van der Waals surface area contributed by atoms with Gasteiger partial charge in [0.1, 0.15) is 5.75 Å². The molecule has 1 aromatic carbocycles. The van der Waals surface area contributed by atoms with E-state index in [1.165, 1.54) is 6.07 Å². The van der Waals surface area contributed by atoms with Gasteiger partial charge < -0.3 is 25.7 Å². The van der Waals surface area contributed by atoms with Crippen molar-refractivity contribution in [2.24, 2.45) is 0 Å². The number of aliphatic hydroxyl groups excluding tert-OH is 2. The second-order valence-electron chi connectivity index (χ2n) is 5.83. The summed E-state index contributed by atoms with van der Waals surface area (Å²) in [7, 11) is 0. The highest BCUT2D eigenvalue weighted by Gasteiger charge is 2.16. The molecular weight excluding hydrogens is 310 g/mol. The molecule has 22 heavy (non-hydrogen) atoms. The minimum Gasteiger partial charge on any atom is -0.506 e. The van der Waals surface area contributed by atoms with E-state index >= 15 is 0 Å². The lowest BCUT2D eigenvalue weighted by Gasteiger charge is -2.23. The molecule has 126 valence electrons. The lowest BCUT2D eigenvalue weighted by molar-refractivity contribution is -0.134. The smallest absolute Gasteiger partial charge is 0.300 e. The van der Waals surface area contributed by atoms with Crippen molar-refractivity contribution in [3.05, 3.63) is 28.3 Å². The van der Waals surface area contributed by atoms with Gasteiger partial charge in [-0.25, -0.2) is 0 Å². The Morgan fingerprint density at radius 2 is 1.86 bits per heavy atom. The molecule has 0 saturated heterocycles. The highest BCUT2D eigenvalue weighted by Crippen LogP contribution is 2.31. The van der Waals surface area contributed by atoms with Gasteiger partial charge in [-0.15, -0.1) is 0 Å².